The van der Waals surface area contributed by atoms with Crippen molar-refractivity contribution in [1.29, 1.82) is 0 Å². The topological polar surface area (TPSA) is 91.0 Å². The molecule has 0 bridgehead atoms. The van der Waals surface area contributed by atoms with E-state index in [-0.39, 0.29) is 6.54 Å². The number of nitrogens with two attached hydrogens (primary N) is 1. The summed E-state index contributed by atoms with van der Waals surface area (Å²) in [6.07, 6.45) is -1.06. The van der Waals surface area contributed by atoms with Crippen LogP contribution < -0.4 is 16.0 Å². The van der Waals surface area contributed by atoms with Crippen molar-refractivity contribution in [1.82, 2.24) is 5.32 Å². The number of anilines is 1. The number of carboxylic acid groups (broad SMARTS) is 1. The second kappa shape index (κ2) is 6.95. The number of rotatable bonds is 5. The van der Waals surface area contributed by atoms with Crippen LogP contribution in [-0.2, 0) is 6.54 Å². The third-order valence-electron chi connectivity index (χ3n) is 3.00. The quantitative estimate of drug-likeness (QED) is 0.584. The monoisotopic (exact) mass is 318 g/mol. The fourth-order valence-corrected chi connectivity index (χ4v) is 2.64. The number of benzene rings is 1. The van der Waals surface area contributed by atoms with Gasteiger partial charge in [0.2, 0.25) is 0 Å². The van der Waals surface area contributed by atoms with Gasteiger partial charge in [-0.3, -0.25) is 0 Å². The lowest BCUT2D eigenvalue weighted by Crippen LogP contribution is -2.22. The van der Waals surface area contributed by atoms with Crippen molar-refractivity contribution in [3.05, 3.63) is 46.2 Å². The SMILES string of the molecule is CN(C)c1ccc(/N=C(\N)c2cccs2)cc1CNC(=O)O. The predicted molar refractivity (Wildman–Crippen MR) is 90.3 cm³/mol. The van der Waals surface area contributed by atoms with E-state index in [0.29, 0.717) is 11.5 Å². The second-order valence-electron chi connectivity index (χ2n) is 4.84. The molecule has 1 aromatic heterocycles. The van der Waals surface area contributed by atoms with Gasteiger partial charge in [0.15, 0.2) is 0 Å². The summed E-state index contributed by atoms with van der Waals surface area (Å²) in [5, 5.41) is 13.1. The van der Waals surface area contributed by atoms with Crippen LogP contribution in [0.15, 0.2) is 40.7 Å². The number of thiophene rings is 1. The molecule has 0 unspecified atom stereocenters. The molecular weight excluding hydrogens is 300 g/mol. The Morgan fingerprint density at radius 3 is 2.77 bits per heavy atom. The van der Waals surface area contributed by atoms with Gasteiger partial charge in [0.25, 0.3) is 0 Å². The number of nitrogens with one attached hydrogen (secondary N) is 1. The fraction of sp³-hybridized carbons (Fsp3) is 0.200. The Kier molecular flexibility index (Phi) is 5.00. The maximum Gasteiger partial charge on any atom is 0.404 e. The third-order valence-corrected chi connectivity index (χ3v) is 3.89. The Morgan fingerprint density at radius 1 is 1.41 bits per heavy atom. The summed E-state index contributed by atoms with van der Waals surface area (Å²) in [7, 11) is 3.81. The number of hydrogen-bond acceptors (Lipinski definition) is 4. The molecule has 7 heteroatoms. The number of amides is 1. The summed E-state index contributed by atoms with van der Waals surface area (Å²) in [6.45, 7) is 0.213. The van der Waals surface area contributed by atoms with Crippen molar-refractivity contribution in [2.45, 2.75) is 6.54 Å². The molecular formula is C15H18N4O2S. The number of amidine groups is 1. The molecule has 0 spiro atoms. The van der Waals surface area contributed by atoms with Gasteiger partial charge in [0, 0.05) is 26.3 Å². The van der Waals surface area contributed by atoms with Gasteiger partial charge in [-0.2, -0.15) is 0 Å². The number of carbonyl (C=O) groups is 1. The molecule has 0 fully saturated rings. The summed E-state index contributed by atoms with van der Waals surface area (Å²) in [5.41, 5.74) is 8.45. The minimum Gasteiger partial charge on any atom is -0.465 e. The minimum atomic E-state index is -1.06. The zero-order chi connectivity index (χ0) is 16.1. The fourth-order valence-electron chi connectivity index (χ4n) is 2.01. The summed E-state index contributed by atoms with van der Waals surface area (Å²) in [4.78, 5) is 17.9. The molecule has 0 saturated heterocycles. The van der Waals surface area contributed by atoms with E-state index in [1.54, 1.807) is 0 Å². The molecule has 1 aromatic carbocycles. The molecule has 0 atom stereocenters. The molecule has 4 N–H and O–H groups in total. The molecule has 0 radical (unpaired) electrons. The molecule has 0 aliphatic carbocycles. The van der Waals surface area contributed by atoms with Crippen LogP contribution in [0.2, 0.25) is 0 Å². The highest BCUT2D eigenvalue weighted by Crippen LogP contribution is 2.25. The Hall–Kier alpha value is -2.54. The number of hydrogen-bond donors (Lipinski definition) is 3. The Morgan fingerprint density at radius 2 is 2.18 bits per heavy atom. The third kappa shape index (κ3) is 3.98. The predicted octanol–water partition coefficient (Wildman–Crippen LogP) is 2.62. The highest BCUT2D eigenvalue weighted by atomic mass is 32.1. The molecule has 6 nitrogen and oxygen atoms in total. The van der Waals surface area contributed by atoms with E-state index in [2.05, 4.69) is 10.3 Å². The lowest BCUT2D eigenvalue weighted by Gasteiger charge is -2.18. The second-order valence-corrected chi connectivity index (χ2v) is 5.79. The first-order valence-electron chi connectivity index (χ1n) is 6.62. The summed E-state index contributed by atoms with van der Waals surface area (Å²) >= 11 is 1.52. The van der Waals surface area contributed by atoms with Gasteiger partial charge >= 0.3 is 6.09 Å². The van der Waals surface area contributed by atoms with Gasteiger partial charge in [-0.15, -0.1) is 11.3 Å². The lowest BCUT2D eigenvalue weighted by molar-refractivity contribution is 0.194. The van der Waals surface area contributed by atoms with Crippen LogP contribution in [0.5, 0.6) is 0 Å². The van der Waals surface area contributed by atoms with Gasteiger partial charge in [0.05, 0.1) is 10.6 Å². The van der Waals surface area contributed by atoms with Gasteiger partial charge in [-0.25, -0.2) is 9.79 Å². The van der Waals surface area contributed by atoms with E-state index >= 15 is 0 Å². The normalized spacial score (nSPS) is 11.3. The average Bonchev–Trinajstić information content (AvgIpc) is 2.99. The maximum absolute atomic E-state index is 10.7. The van der Waals surface area contributed by atoms with E-state index in [1.165, 1.54) is 11.3 Å². The number of nitrogens with zero attached hydrogens (tertiary/aromatic N) is 2. The largest absolute Gasteiger partial charge is 0.465 e. The molecule has 0 aliphatic heterocycles. The molecule has 2 aromatic rings. The van der Waals surface area contributed by atoms with E-state index in [1.807, 2.05) is 54.7 Å². The highest BCUT2D eigenvalue weighted by molar-refractivity contribution is 7.12. The molecule has 0 saturated carbocycles. The van der Waals surface area contributed by atoms with Crippen molar-refractivity contribution in [2.24, 2.45) is 10.7 Å². The van der Waals surface area contributed by atoms with Crippen molar-refractivity contribution >= 4 is 34.6 Å². The number of aliphatic imine (C=N–C) groups is 1. The van der Waals surface area contributed by atoms with Crippen molar-refractivity contribution in [2.75, 3.05) is 19.0 Å². The van der Waals surface area contributed by atoms with E-state index in [4.69, 9.17) is 10.8 Å². The first-order chi connectivity index (χ1) is 10.5. The molecule has 2 rings (SSSR count). The van der Waals surface area contributed by atoms with E-state index in [9.17, 15) is 4.79 Å². The summed E-state index contributed by atoms with van der Waals surface area (Å²) in [6, 6.07) is 9.43. The van der Waals surface area contributed by atoms with E-state index < -0.39 is 6.09 Å². The van der Waals surface area contributed by atoms with Crippen molar-refractivity contribution < 1.29 is 9.90 Å². The molecule has 1 amide bonds. The zero-order valence-corrected chi connectivity index (χ0v) is 13.2. The highest BCUT2D eigenvalue weighted by Gasteiger charge is 2.08. The lowest BCUT2D eigenvalue weighted by atomic mass is 10.1. The van der Waals surface area contributed by atoms with Crippen molar-refractivity contribution in [3.8, 4) is 0 Å². The van der Waals surface area contributed by atoms with Crippen LogP contribution in [-0.4, -0.2) is 31.1 Å². The first kappa shape index (κ1) is 15.8. The summed E-state index contributed by atoms with van der Waals surface area (Å²) in [5.74, 6) is 0.449. The maximum atomic E-state index is 10.7. The van der Waals surface area contributed by atoms with Gasteiger partial charge < -0.3 is 21.1 Å². The van der Waals surface area contributed by atoms with E-state index in [0.717, 1.165) is 16.1 Å². The molecule has 116 valence electrons. The van der Waals surface area contributed by atoms with Crippen LogP contribution >= 0.6 is 11.3 Å². The molecule has 1 heterocycles. The van der Waals surface area contributed by atoms with Crippen LogP contribution in [0, 0.1) is 0 Å². The van der Waals surface area contributed by atoms with Crippen molar-refractivity contribution in [3.63, 3.8) is 0 Å². The van der Waals surface area contributed by atoms with Gasteiger partial charge in [0.1, 0.15) is 5.84 Å². The van der Waals surface area contributed by atoms with Gasteiger partial charge in [-0.05, 0) is 35.2 Å². The van der Waals surface area contributed by atoms with Gasteiger partial charge in [-0.1, -0.05) is 6.07 Å². The molecule has 0 aliphatic rings. The summed E-state index contributed by atoms with van der Waals surface area (Å²) < 4.78 is 0. The standard InChI is InChI=1S/C15H18N4O2S/c1-19(2)12-6-5-11(8-10(12)9-17-15(20)21)18-14(16)13-4-3-7-22-13/h3-8,17H,9H2,1-2H3,(H2,16,18)(H,20,21). The smallest absolute Gasteiger partial charge is 0.404 e. The Balaban J connectivity index is 2.31. The van der Waals surface area contributed by atoms with Crippen LogP contribution in [0.4, 0.5) is 16.2 Å². The average molecular weight is 318 g/mol. The minimum absolute atomic E-state index is 0.213. The first-order valence-corrected chi connectivity index (χ1v) is 7.50. The molecule has 22 heavy (non-hydrogen) atoms. The zero-order valence-electron chi connectivity index (χ0n) is 12.4. The van der Waals surface area contributed by atoms with Crippen LogP contribution in [0.3, 0.4) is 0 Å². The Labute approximate surface area is 132 Å². The van der Waals surface area contributed by atoms with Crippen LogP contribution in [0.25, 0.3) is 0 Å². The van der Waals surface area contributed by atoms with Crippen LogP contribution in [0.1, 0.15) is 10.4 Å². The Bertz CT molecular complexity index is 681.